The van der Waals surface area contributed by atoms with E-state index in [-0.39, 0.29) is 0 Å². The van der Waals surface area contributed by atoms with Crippen molar-refractivity contribution in [2.45, 2.75) is 17.1 Å². The van der Waals surface area contributed by atoms with Crippen LogP contribution in [0.25, 0.3) is 5.65 Å². The summed E-state index contributed by atoms with van der Waals surface area (Å²) >= 11 is 1.42. The van der Waals surface area contributed by atoms with Crippen LogP contribution >= 0.6 is 11.8 Å². The molecule has 0 atom stereocenters. The molecule has 7 heteroatoms. The van der Waals surface area contributed by atoms with E-state index in [2.05, 4.69) is 20.2 Å². The summed E-state index contributed by atoms with van der Waals surface area (Å²) in [5.41, 5.74) is 7.42. The Morgan fingerprint density at radius 3 is 3.00 bits per heavy atom. The van der Waals surface area contributed by atoms with E-state index in [9.17, 15) is 0 Å². The third-order valence-corrected chi connectivity index (χ3v) is 3.61. The lowest BCUT2D eigenvalue weighted by Crippen LogP contribution is -1.98. The van der Waals surface area contributed by atoms with Crippen molar-refractivity contribution in [1.29, 1.82) is 0 Å². The summed E-state index contributed by atoms with van der Waals surface area (Å²) in [7, 11) is 0. The molecule has 2 N–H and O–H groups in total. The van der Waals surface area contributed by atoms with Gasteiger partial charge >= 0.3 is 0 Å². The van der Waals surface area contributed by atoms with Gasteiger partial charge in [-0.05, 0) is 30.8 Å². The van der Waals surface area contributed by atoms with Crippen LogP contribution in [0.5, 0.6) is 0 Å². The molecule has 0 saturated carbocycles. The van der Waals surface area contributed by atoms with Gasteiger partial charge in [0.15, 0.2) is 5.65 Å². The van der Waals surface area contributed by atoms with Gasteiger partial charge in [-0.3, -0.25) is 4.40 Å². The highest BCUT2D eigenvalue weighted by Gasteiger charge is 2.11. The van der Waals surface area contributed by atoms with Crippen LogP contribution < -0.4 is 5.73 Å². The number of rotatable bonds is 2. The van der Waals surface area contributed by atoms with Crippen molar-refractivity contribution in [1.82, 2.24) is 24.6 Å². The summed E-state index contributed by atoms with van der Waals surface area (Å²) in [4.78, 5) is 8.15. The first-order chi connectivity index (χ1) is 8.75. The molecule has 3 aromatic heterocycles. The average Bonchev–Trinajstić information content (AvgIpc) is 2.79. The van der Waals surface area contributed by atoms with Gasteiger partial charge in [0.05, 0.1) is 0 Å². The van der Waals surface area contributed by atoms with Crippen LogP contribution in [0.1, 0.15) is 5.56 Å². The molecule has 6 nitrogen and oxygen atoms in total. The van der Waals surface area contributed by atoms with E-state index < -0.39 is 0 Å². The van der Waals surface area contributed by atoms with Gasteiger partial charge in [-0.2, -0.15) is 0 Å². The van der Waals surface area contributed by atoms with E-state index in [0.29, 0.717) is 5.82 Å². The second kappa shape index (κ2) is 4.26. The first-order valence-corrected chi connectivity index (χ1v) is 6.12. The zero-order chi connectivity index (χ0) is 12.5. The summed E-state index contributed by atoms with van der Waals surface area (Å²) in [5.74, 6) is 0.487. The predicted molar refractivity (Wildman–Crippen MR) is 68.3 cm³/mol. The number of fused-ring (bicyclic) bond motifs is 1. The molecule has 0 aliphatic carbocycles. The summed E-state index contributed by atoms with van der Waals surface area (Å²) in [5, 5.41) is 9.77. The largest absolute Gasteiger partial charge is 0.383 e. The fourth-order valence-electron chi connectivity index (χ4n) is 1.53. The highest BCUT2D eigenvalue weighted by molar-refractivity contribution is 7.99. The lowest BCUT2D eigenvalue weighted by atomic mass is 10.4. The minimum Gasteiger partial charge on any atom is -0.383 e. The molecule has 0 aliphatic heterocycles. The Hall–Kier alpha value is -2.15. The molecule has 0 fully saturated rings. The van der Waals surface area contributed by atoms with Crippen LogP contribution in [0.2, 0.25) is 0 Å². The normalized spacial score (nSPS) is 10.9. The predicted octanol–water partition coefficient (Wildman–Crippen LogP) is 1.56. The van der Waals surface area contributed by atoms with Crippen LogP contribution in [0.4, 0.5) is 5.82 Å². The van der Waals surface area contributed by atoms with Gasteiger partial charge in [0.25, 0.3) is 0 Å². The Morgan fingerprint density at radius 2 is 2.11 bits per heavy atom. The van der Waals surface area contributed by atoms with E-state index in [1.807, 2.05) is 35.7 Å². The Bertz CT molecular complexity index is 708. The Kier molecular flexibility index (Phi) is 2.60. The van der Waals surface area contributed by atoms with Gasteiger partial charge in [0, 0.05) is 11.8 Å². The number of nitrogens with two attached hydrogens (primary N) is 1. The molecular weight excluding hydrogens is 248 g/mol. The molecule has 0 radical (unpaired) electrons. The number of aromatic nitrogens is 5. The molecule has 0 spiro atoms. The van der Waals surface area contributed by atoms with Crippen molar-refractivity contribution in [3.63, 3.8) is 0 Å². The number of nitrogens with zero attached hydrogens (tertiary/aromatic N) is 5. The molecule has 18 heavy (non-hydrogen) atoms. The monoisotopic (exact) mass is 258 g/mol. The van der Waals surface area contributed by atoms with Crippen molar-refractivity contribution < 1.29 is 0 Å². The van der Waals surface area contributed by atoms with Crippen LogP contribution in [0.15, 0.2) is 40.9 Å². The highest BCUT2D eigenvalue weighted by atomic mass is 32.2. The van der Waals surface area contributed by atoms with E-state index in [1.165, 1.54) is 18.1 Å². The zero-order valence-electron chi connectivity index (χ0n) is 9.61. The highest BCUT2D eigenvalue weighted by Crippen LogP contribution is 2.28. The van der Waals surface area contributed by atoms with Gasteiger partial charge in [0.2, 0.25) is 5.16 Å². The SMILES string of the molecule is Cc1c(N)ncnc1Sc1nnc2ccccn12. The molecule has 0 amide bonds. The third-order valence-electron chi connectivity index (χ3n) is 2.55. The average molecular weight is 258 g/mol. The van der Waals surface area contributed by atoms with E-state index >= 15 is 0 Å². The Balaban J connectivity index is 2.04. The fraction of sp³-hybridized carbons (Fsp3) is 0.0909. The maximum Gasteiger partial charge on any atom is 0.201 e. The van der Waals surface area contributed by atoms with E-state index in [0.717, 1.165) is 21.4 Å². The van der Waals surface area contributed by atoms with Crippen LogP contribution in [-0.2, 0) is 0 Å². The second-order valence-electron chi connectivity index (χ2n) is 3.70. The topological polar surface area (TPSA) is 82.0 Å². The van der Waals surface area contributed by atoms with Crippen molar-refractivity contribution in [2.24, 2.45) is 0 Å². The quantitative estimate of drug-likeness (QED) is 0.702. The van der Waals surface area contributed by atoms with Crippen molar-refractivity contribution in [3.05, 3.63) is 36.3 Å². The van der Waals surface area contributed by atoms with Gasteiger partial charge in [-0.15, -0.1) is 10.2 Å². The van der Waals surface area contributed by atoms with Gasteiger partial charge in [-0.1, -0.05) is 6.07 Å². The number of pyridine rings is 1. The maximum atomic E-state index is 5.75. The summed E-state index contributed by atoms with van der Waals surface area (Å²) in [6.45, 7) is 1.89. The third kappa shape index (κ3) is 1.78. The van der Waals surface area contributed by atoms with Gasteiger partial charge < -0.3 is 5.73 Å². The Labute approximate surface area is 107 Å². The molecule has 3 rings (SSSR count). The Morgan fingerprint density at radius 1 is 1.22 bits per heavy atom. The molecule has 3 heterocycles. The molecule has 90 valence electrons. The maximum absolute atomic E-state index is 5.75. The molecule has 0 unspecified atom stereocenters. The van der Waals surface area contributed by atoms with E-state index in [1.54, 1.807) is 0 Å². The van der Waals surface area contributed by atoms with Gasteiger partial charge in [0.1, 0.15) is 17.2 Å². The molecule has 0 aliphatic rings. The van der Waals surface area contributed by atoms with Crippen molar-refractivity contribution >= 4 is 23.2 Å². The van der Waals surface area contributed by atoms with Crippen LogP contribution in [0, 0.1) is 6.92 Å². The fourth-order valence-corrected chi connectivity index (χ4v) is 2.39. The molecule has 0 aromatic carbocycles. The number of hydrogen-bond acceptors (Lipinski definition) is 6. The number of hydrogen-bond donors (Lipinski definition) is 1. The number of nitrogen functional groups attached to an aromatic ring is 1. The minimum atomic E-state index is 0.487. The zero-order valence-corrected chi connectivity index (χ0v) is 10.4. The first-order valence-electron chi connectivity index (χ1n) is 5.30. The van der Waals surface area contributed by atoms with Crippen molar-refractivity contribution in [3.8, 4) is 0 Å². The van der Waals surface area contributed by atoms with Crippen LogP contribution in [0.3, 0.4) is 0 Å². The smallest absolute Gasteiger partial charge is 0.201 e. The first kappa shape index (κ1) is 11.0. The van der Waals surface area contributed by atoms with Gasteiger partial charge in [-0.25, -0.2) is 9.97 Å². The lowest BCUT2D eigenvalue weighted by Gasteiger charge is -2.04. The molecule has 3 aromatic rings. The standard InChI is InChI=1S/C11H10N6S/c1-7-9(12)13-6-14-10(7)18-11-16-15-8-4-2-3-5-17(8)11/h2-6H,1H3,(H2,12,13,14). The van der Waals surface area contributed by atoms with E-state index in [4.69, 9.17) is 5.73 Å². The molecule has 0 bridgehead atoms. The summed E-state index contributed by atoms with van der Waals surface area (Å²) in [6, 6.07) is 5.76. The lowest BCUT2D eigenvalue weighted by molar-refractivity contribution is 0.911. The second-order valence-corrected chi connectivity index (χ2v) is 4.66. The molecular formula is C11H10N6S. The molecule has 0 saturated heterocycles. The summed E-state index contributed by atoms with van der Waals surface area (Å²) < 4.78 is 1.91. The van der Waals surface area contributed by atoms with Crippen LogP contribution in [-0.4, -0.2) is 24.6 Å². The number of anilines is 1. The minimum absolute atomic E-state index is 0.487. The van der Waals surface area contributed by atoms with Crippen molar-refractivity contribution in [2.75, 3.05) is 5.73 Å². The summed E-state index contributed by atoms with van der Waals surface area (Å²) in [6.07, 6.45) is 3.37.